The van der Waals surface area contributed by atoms with Gasteiger partial charge in [0.15, 0.2) is 0 Å². The van der Waals surface area contributed by atoms with E-state index in [0.29, 0.717) is 5.56 Å². The quantitative estimate of drug-likeness (QED) is 0.845. The molecule has 2 N–H and O–H groups in total. The summed E-state index contributed by atoms with van der Waals surface area (Å²) in [5, 5.41) is 19.5. The van der Waals surface area contributed by atoms with Crippen molar-refractivity contribution < 1.29 is 15.0 Å². The number of carbonyl (C=O) groups is 1. The molecule has 0 saturated carbocycles. The molecule has 1 aromatic carbocycles. The third-order valence-corrected chi connectivity index (χ3v) is 4.41. The van der Waals surface area contributed by atoms with Crippen molar-refractivity contribution in [3.05, 3.63) is 35.4 Å². The van der Waals surface area contributed by atoms with Crippen LogP contribution < -0.4 is 0 Å². The van der Waals surface area contributed by atoms with Crippen molar-refractivity contribution in [2.75, 3.05) is 19.6 Å². The molecule has 4 nitrogen and oxygen atoms in total. The van der Waals surface area contributed by atoms with Crippen LogP contribution in [0.2, 0.25) is 0 Å². The highest BCUT2D eigenvalue weighted by Crippen LogP contribution is 2.27. The molecule has 0 unspecified atom stereocenters. The number of carboxylic acid groups (broad SMARTS) is 1. The third kappa shape index (κ3) is 4.55. The van der Waals surface area contributed by atoms with Crippen molar-refractivity contribution in [3.8, 4) is 0 Å². The van der Waals surface area contributed by atoms with Crippen LogP contribution in [0.25, 0.3) is 0 Å². The van der Waals surface area contributed by atoms with Crippen LogP contribution in [0.3, 0.4) is 0 Å². The molecule has 2 rings (SSSR count). The zero-order valence-electron chi connectivity index (χ0n) is 12.7. The summed E-state index contributed by atoms with van der Waals surface area (Å²) in [6.45, 7) is 5.25. The number of nitrogens with zero attached hydrogens (tertiary/aromatic N) is 1. The van der Waals surface area contributed by atoms with Crippen molar-refractivity contribution in [1.29, 1.82) is 0 Å². The van der Waals surface area contributed by atoms with Crippen molar-refractivity contribution >= 4 is 5.97 Å². The molecular weight excluding hydrogens is 266 g/mol. The summed E-state index contributed by atoms with van der Waals surface area (Å²) in [5.41, 5.74) is 0.838. The zero-order chi connectivity index (χ0) is 15.3. The van der Waals surface area contributed by atoms with Gasteiger partial charge in [-0.2, -0.15) is 0 Å². The fraction of sp³-hybridized carbons (Fsp3) is 0.588. The number of aromatic carboxylic acids is 1. The van der Waals surface area contributed by atoms with Gasteiger partial charge in [-0.15, -0.1) is 0 Å². The molecule has 0 radical (unpaired) electrons. The molecule has 21 heavy (non-hydrogen) atoms. The Hall–Kier alpha value is -1.39. The topological polar surface area (TPSA) is 60.8 Å². The first-order valence-corrected chi connectivity index (χ1v) is 7.79. The minimum absolute atomic E-state index is 0.310. The average Bonchev–Trinajstić information content (AvgIpc) is 2.49. The standard InChI is InChI=1S/C17H25NO3/c1-2-11-18-12-9-17(21,10-13-18)8-7-14-3-5-15(6-4-14)16(19)20/h3-6,21H,2,7-13H2,1H3,(H,19,20). The van der Waals surface area contributed by atoms with Gasteiger partial charge in [0.25, 0.3) is 0 Å². The van der Waals surface area contributed by atoms with Gasteiger partial charge in [0.1, 0.15) is 0 Å². The third-order valence-electron chi connectivity index (χ3n) is 4.41. The van der Waals surface area contributed by atoms with Crippen molar-refractivity contribution in [3.63, 3.8) is 0 Å². The van der Waals surface area contributed by atoms with E-state index in [9.17, 15) is 9.90 Å². The van der Waals surface area contributed by atoms with Gasteiger partial charge in [-0.3, -0.25) is 0 Å². The van der Waals surface area contributed by atoms with Crippen LogP contribution >= 0.6 is 0 Å². The molecule has 1 aromatic rings. The lowest BCUT2D eigenvalue weighted by Gasteiger charge is -2.38. The van der Waals surface area contributed by atoms with E-state index < -0.39 is 11.6 Å². The van der Waals surface area contributed by atoms with Crippen LogP contribution in [0.4, 0.5) is 0 Å². The first-order chi connectivity index (χ1) is 10.0. The molecule has 1 aliphatic rings. The van der Waals surface area contributed by atoms with Gasteiger partial charge in [0.05, 0.1) is 11.2 Å². The highest BCUT2D eigenvalue weighted by Gasteiger charge is 2.31. The number of aryl methyl sites for hydroxylation is 1. The molecule has 0 spiro atoms. The Morgan fingerprint density at radius 1 is 1.24 bits per heavy atom. The van der Waals surface area contributed by atoms with Gasteiger partial charge >= 0.3 is 5.97 Å². The number of piperidine rings is 1. The Balaban J connectivity index is 1.83. The van der Waals surface area contributed by atoms with Crippen molar-refractivity contribution in [1.82, 2.24) is 4.90 Å². The maximum absolute atomic E-state index is 10.8. The van der Waals surface area contributed by atoms with Crippen LogP contribution in [0.15, 0.2) is 24.3 Å². The highest BCUT2D eigenvalue weighted by atomic mass is 16.4. The summed E-state index contributed by atoms with van der Waals surface area (Å²) in [7, 11) is 0. The van der Waals surface area contributed by atoms with Gasteiger partial charge in [0, 0.05) is 13.1 Å². The van der Waals surface area contributed by atoms with Gasteiger partial charge in [0.2, 0.25) is 0 Å². The summed E-state index contributed by atoms with van der Waals surface area (Å²) < 4.78 is 0. The first-order valence-electron chi connectivity index (χ1n) is 7.79. The number of hydrogen-bond acceptors (Lipinski definition) is 3. The maximum Gasteiger partial charge on any atom is 0.335 e. The van der Waals surface area contributed by atoms with Crippen LogP contribution in [0.5, 0.6) is 0 Å². The molecule has 0 aliphatic carbocycles. The summed E-state index contributed by atoms with van der Waals surface area (Å²) in [6, 6.07) is 6.95. The molecule has 4 heteroatoms. The van der Waals surface area contributed by atoms with Gasteiger partial charge < -0.3 is 15.1 Å². The maximum atomic E-state index is 10.8. The average molecular weight is 291 g/mol. The van der Waals surface area contributed by atoms with Crippen LogP contribution in [0, 0.1) is 0 Å². The second-order valence-electron chi connectivity index (χ2n) is 6.07. The largest absolute Gasteiger partial charge is 0.478 e. The van der Waals surface area contributed by atoms with E-state index in [0.717, 1.165) is 57.3 Å². The van der Waals surface area contributed by atoms with E-state index in [-0.39, 0.29) is 0 Å². The Labute approximate surface area is 126 Å². The Morgan fingerprint density at radius 3 is 2.38 bits per heavy atom. The van der Waals surface area contributed by atoms with E-state index in [1.165, 1.54) is 0 Å². The number of likely N-dealkylation sites (tertiary alicyclic amines) is 1. The normalized spacial score (nSPS) is 18.6. The van der Waals surface area contributed by atoms with Gasteiger partial charge in [-0.25, -0.2) is 4.79 Å². The smallest absolute Gasteiger partial charge is 0.335 e. The predicted molar refractivity (Wildman–Crippen MR) is 82.6 cm³/mol. The number of rotatable bonds is 6. The molecular formula is C17H25NO3. The monoisotopic (exact) mass is 291 g/mol. The van der Waals surface area contributed by atoms with Crippen LogP contribution in [0.1, 0.15) is 48.5 Å². The molecule has 1 saturated heterocycles. The SMILES string of the molecule is CCCN1CCC(O)(CCc2ccc(C(=O)O)cc2)CC1. The van der Waals surface area contributed by atoms with Crippen LogP contribution in [-0.4, -0.2) is 46.3 Å². The Bertz CT molecular complexity index is 461. The Kier molecular flexibility index (Phi) is 5.37. The predicted octanol–water partition coefficient (Wildman–Crippen LogP) is 2.55. The van der Waals surface area contributed by atoms with E-state index >= 15 is 0 Å². The molecule has 116 valence electrons. The van der Waals surface area contributed by atoms with E-state index in [1.807, 2.05) is 12.1 Å². The second kappa shape index (κ2) is 7.05. The van der Waals surface area contributed by atoms with Gasteiger partial charge in [-0.1, -0.05) is 19.1 Å². The van der Waals surface area contributed by atoms with Crippen LogP contribution in [-0.2, 0) is 6.42 Å². The molecule has 0 aromatic heterocycles. The zero-order valence-corrected chi connectivity index (χ0v) is 12.7. The minimum Gasteiger partial charge on any atom is -0.478 e. The number of carboxylic acids is 1. The lowest BCUT2D eigenvalue weighted by atomic mass is 9.85. The molecule has 0 amide bonds. The number of benzene rings is 1. The summed E-state index contributed by atoms with van der Waals surface area (Å²) in [6.07, 6.45) is 4.37. The fourth-order valence-corrected chi connectivity index (χ4v) is 2.95. The molecule has 1 aliphatic heterocycles. The first kappa shape index (κ1) is 16.0. The number of aliphatic hydroxyl groups is 1. The minimum atomic E-state index is -0.900. The number of hydrogen-bond donors (Lipinski definition) is 2. The second-order valence-corrected chi connectivity index (χ2v) is 6.07. The molecule has 0 bridgehead atoms. The summed E-state index contributed by atoms with van der Waals surface area (Å²) >= 11 is 0. The molecule has 1 heterocycles. The van der Waals surface area contributed by atoms with Crippen molar-refractivity contribution in [2.24, 2.45) is 0 Å². The fourth-order valence-electron chi connectivity index (χ4n) is 2.95. The Morgan fingerprint density at radius 2 is 1.86 bits per heavy atom. The summed E-state index contributed by atoms with van der Waals surface area (Å²) in [4.78, 5) is 13.2. The molecule has 1 fully saturated rings. The highest BCUT2D eigenvalue weighted by molar-refractivity contribution is 5.87. The van der Waals surface area contributed by atoms with E-state index in [4.69, 9.17) is 5.11 Å². The van der Waals surface area contributed by atoms with E-state index in [2.05, 4.69) is 11.8 Å². The lowest BCUT2D eigenvalue weighted by Crippen LogP contribution is -2.44. The van der Waals surface area contributed by atoms with Gasteiger partial charge in [-0.05, 0) is 56.3 Å². The summed E-state index contributed by atoms with van der Waals surface area (Å²) in [5.74, 6) is -0.900. The lowest BCUT2D eigenvalue weighted by molar-refractivity contribution is -0.0271. The van der Waals surface area contributed by atoms with Crippen molar-refractivity contribution in [2.45, 2.75) is 44.6 Å². The van der Waals surface area contributed by atoms with E-state index in [1.54, 1.807) is 12.1 Å². The molecule has 0 atom stereocenters.